The average molecular weight is 465 g/mol. The van der Waals surface area contributed by atoms with Crippen LogP contribution < -0.4 is 0 Å². The molecule has 182 valence electrons. The minimum Gasteiger partial charge on any atom is -0.459 e. The van der Waals surface area contributed by atoms with Crippen molar-refractivity contribution in [3.63, 3.8) is 0 Å². The third-order valence-corrected chi connectivity index (χ3v) is 6.71. The maximum Gasteiger partial charge on any atom is 0.288 e. The van der Waals surface area contributed by atoms with E-state index in [9.17, 15) is 9.90 Å². The number of amides is 1. The quantitative estimate of drug-likeness (QED) is 0.641. The Morgan fingerprint density at radius 2 is 1.68 bits per heavy atom. The molecule has 0 unspecified atom stereocenters. The van der Waals surface area contributed by atoms with Crippen LogP contribution in [-0.4, -0.2) is 53.3 Å². The highest BCUT2D eigenvalue weighted by atomic mass is 16.7. The Hall–Kier alpha value is -2.67. The number of hydrogen-bond acceptors (Lipinski definition) is 5. The van der Waals surface area contributed by atoms with Gasteiger partial charge in [-0.1, -0.05) is 68.4 Å². The van der Waals surface area contributed by atoms with E-state index in [1.807, 2.05) is 41.3 Å². The Balaban J connectivity index is 1.33. The molecule has 2 heterocycles. The Bertz CT molecular complexity index is 950. The van der Waals surface area contributed by atoms with Crippen LogP contribution >= 0.6 is 0 Å². The van der Waals surface area contributed by atoms with Crippen molar-refractivity contribution in [3.8, 4) is 0 Å². The minimum atomic E-state index is -0.451. The molecule has 2 atom stereocenters. The van der Waals surface area contributed by atoms with Crippen molar-refractivity contribution in [2.75, 3.05) is 26.2 Å². The van der Waals surface area contributed by atoms with E-state index in [0.29, 0.717) is 31.4 Å². The number of carbonyl (C=O) groups is 1. The lowest BCUT2D eigenvalue weighted by Crippen LogP contribution is -2.49. The van der Waals surface area contributed by atoms with E-state index in [1.165, 1.54) is 5.56 Å². The molecule has 0 aliphatic carbocycles. The molecule has 0 spiro atoms. The zero-order valence-electron chi connectivity index (χ0n) is 20.2. The number of rotatable bonds is 8. The van der Waals surface area contributed by atoms with Gasteiger partial charge in [-0.3, -0.25) is 9.69 Å². The van der Waals surface area contributed by atoms with Gasteiger partial charge in [0, 0.05) is 39.1 Å². The monoisotopic (exact) mass is 464 g/mol. The van der Waals surface area contributed by atoms with Crippen LogP contribution in [0.3, 0.4) is 0 Å². The molecule has 6 nitrogen and oxygen atoms in total. The third kappa shape index (κ3) is 6.47. The number of aliphatic hydroxyl groups excluding tert-OH is 1. The number of nitrogens with zero attached hydrogens (tertiary/aromatic N) is 2. The highest BCUT2D eigenvalue weighted by molar-refractivity contribution is 5.91. The lowest BCUT2D eigenvalue weighted by atomic mass is 9.90. The van der Waals surface area contributed by atoms with E-state index in [4.69, 9.17) is 9.47 Å². The van der Waals surface area contributed by atoms with Gasteiger partial charge in [-0.05, 0) is 34.6 Å². The molecule has 34 heavy (non-hydrogen) atoms. The summed E-state index contributed by atoms with van der Waals surface area (Å²) < 4.78 is 12.1. The number of piperazine rings is 1. The highest BCUT2D eigenvalue weighted by Gasteiger charge is 2.32. The van der Waals surface area contributed by atoms with Gasteiger partial charge in [0.2, 0.25) is 6.29 Å². The number of benzene rings is 2. The summed E-state index contributed by atoms with van der Waals surface area (Å²) in [5.41, 5.74) is 3.18. The molecule has 2 aliphatic heterocycles. The Kier molecular flexibility index (Phi) is 8.38. The van der Waals surface area contributed by atoms with Crippen molar-refractivity contribution in [3.05, 3.63) is 83.1 Å². The number of allylic oxidation sites excluding steroid dienone is 1. The maximum absolute atomic E-state index is 13.3. The summed E-state index contributed by atoms with van der Waals surface area (Å²) in [4.78, 5) is 17.6. The second-order valence-corrected chi connectivity index (χ2v) is 9.56. The fourth-order valence-corrected chi connectivity index (χ4v) is 4.44. The Morgan fingerprint density at radius 3 is 2.32 bits per heavy atom. The van der Waals surface area contributed by atoms with Crippen molar-refractivity contribution in [2.45, 2.75) is 46.3 Å². The summed E-state index contributed by atoms with van der Waals surface area (Å²) in [7, 11) is 0. The number of ether oxygens (including phenoxy) is 2. The van der Waals surface area contributed by atoms with E-state index in [-0.39, 0.29) is 18.4 Å². The van der Waals surface area contributed by atoms with Crippen LogP contribution in [0, 0.1) is 11.8 Å². The van der Waals surface area contributed by atoms with Gasteiger partial charge in [0.1, 0.15) is 0 Å². The van der Waals surface area contributed by atoms with Crippen molar-refractivity contribution in [1.82, 2.24) is 9.80 Å². The van der Waals surface area contributed by atoms with Gasteiger partial charge in [-0.2, -0.15) is 0 Å². The number of carbonyl (C=O) groups excluding carboxylic acids is 1. The molecule has 2 aliphatic rings. The highest BCUT2D eigenvalue weighted by Crippen LogP contribution is 2.30. The lowest BCUT2D eigenvalue weighted by molar-refractivity contribution is -0.160. The fourth-order valence-electron chi connectivity index (χ4n) is 4.44. The standard InChI is InChI=1S/C28H36N2O4/c1-21(2)25-16-26(34-27(17-25)33-20-24-10-8-23(19-31)9-11-24)28(32)30-14-12-29(13-15-30)18-22-6-4-3-5-7-22/h3-11,16,21,25,27,31H,12-15,17-20H2,1-2H3/t25-,27+/m1/s1. The molecule has 2 aromatic carbocycles. The second kappa shape index (κ2) is 11.6. The van der Waals surface area contributed by atoms with Crippen molar-refractivity contribution in [2.24, 2.45) is 11.8 Å². The van der Waals surface area contributed by atoms with Gasteiger partial charge in [0.25, 0.3) is 5.91 Å². The maximum atomic E-state index is 13.3. The number of aliphatic hydroxyl groups is 1. The van der Waals surface area contributed by atoms with Crippen LogP contribution in [0.4, 0.5) is 0 Å². The molecule has 0 aromatic heterocycles. The van der Waals surface area contributed by atoms with Crippen LogP contribution in [0.1, 0.15) is 37.0 Å². The molecule has 2 aromatic rings. The normalized spacial score (nSPS) is 21.3. The van der Waals surface area contributed by atoms with Crippen LogP contribution in [0.15, 0.2) is 66.4 Å². The molecule has 0 radical (unpaired) electrons. The summed E-state index contributed by atoms with van der Waals surface area (Å²) in [5, 5.41) is 9.22. The molecule has 4 rings (SSSR count). The second-order valence-electron chi connectivity index (χ2n) is 9.56. The topological polar surface area (TPSA) is 62.2 Å². The summed E-state index contributed by atoms with van der Waals surface area (Å²) >= 11 is 0. The summed E-state index contributed by atoms with van der Waals surface area (Å²) in [6.07, 6.45) is 2.28. The van der Waals surface area contributed by atoms with Gasteiger partial charge in [0.15, 0.2) is 5.76 Å². The largest absolute Gasteiger partial charge is 0.459 e. The Morgan fingerprint density at radius 1 is 1.00 bits per heavy atom. The Labute approximate surface area is 202 Å². The van der Waals surface area contributed by atoms with Gasteiger partial charge in [0.05, 0.1) is 13.2 Å². The van der Waals surface area contributed by atoms with E-state index in [1.54, 1.807) is 0 Å². The molecular formula is C28H36N2O4. The molecule has 6 heteroatoms. The van der Waals surface area contributed by atoms with E-state index < -0.39 is 6.29 Å². The lowest BCUT2D eigenvalue weighted by Gasteiger charge is -2.37. The zero-order chi connectivity index (χ0) is 23.9. The average Bonchev–Trinajstić information content (AvgIpc) is 2.88. The van der Waals surface area contributed by atoms with Gasteiger partial charge >= 0.3 is 0 Å². The van der Waals surface area contributed by atoms with Crippen LogP contribution in [-0.2, 0) is 34.0 Å². The molecule has 1 saturated heterocycles. The molecule has 1 fully saturated rings. The molecular weight excluding hydrogens is 428 g/mol. The van der Waals surface area contributed by atoms with Gasteiger partial charge in [-0.25, -0.2) is 0 Å². The van der Waals surface area contributed by atoms with Gasteiger partial charge < -0.3 is 19.5 Å². The first-order chi connectivity index (χ1) is 16.5. The van der Waals surface area contributed by atoms with E-state index in [0.717, 1.165) is 37.2 Å². The molecule has 0 bridgehead atoms. The summed E-state index contributed by atoms with van der Waals surface area (Å²) in [5.74, 6) is 1.01. The fraction of sp³-hybridized carbons (Fsp3) is 0.464. The van der Waals surface area contributed by atoms with Crippen LogP contribution in [0.25, 0.3) is 0 Å². The van der Waals surface area contributed by atoms with Crippen molar-refractivity contribution in [1.29, 1.82) is 0 Å². The molecule has 1 amide bonds. The van der Waals surface area contributed by atoms with Crippen molar-refractivity contribution >= 4 is 5.91 Å². The summed E-state index contributed by atoms with van der Waals surface area (Å²) in [6, 6.07) is 18.1. The minimum absolute atomic E-state index is 0.0275. The van der Waals surface area contributed by atoms with E-state index in [2.05, 4.69) is 43.0 Å². The SMILES string of the molecule is CC(C)[C@@H]1C=C(C(=O)N2CCN(Cc3ccccc3)CC2)O[C@H](OCc2ccc(CO)cc2)C1. The third-order valence-electron chi connectivity index (χ3n) is 6.71. The molecule has 1 N–H and O–H groups in total. The zero-order valence-corrected chi connectivity index (χ0v) is 20.2. The first-order valence-corrected chi connectivity index (χ1v) is 12.3. The van der Waals surface area contributed by atoms with Crippen LogP contribution in [0.2, 0.25) is 0 Å². The molecule has 0 saturated carbocycles. The predicted molar refractivity (Wildman–Crippen MR) is 131 cm³/mol. The van der Waals surface area contributed by atoms with Gasteiger partial charge in [-0.15, -0.1) is 0 Å². The smallest absolute Gasteiger partial charge is 0.288 e. The predicted octanol–water partition coefficient (Wildman–Crippen LogP) is 3.94. The summed E-state index contributed by atoms with van der Waals surface area (Å²) in [6.45, 7) is 8.77. The number of hydrogen-bond donors (Lipinski definition) is 1. The van der Waals surface area contributed by atoms with E-state index >= 15 is 0 Å². The first kappa shape index (κ1) is 24.5. The van der Waals surface area contributed by atoms with Crippen LogP contribution in [0.5, 0.6) is 0 Å². The first-order valence-electron chi connectivity index (χ1n) is 12.3. The van der Waals surface area contributed by atoms with Crippen molar-refractivity contribution < 1.29 is 19.4 Å².